The smallest absolute Gasteiger partial charge is 0.330 e. The molecule has 0 aliphatic heterocycles. The zero-order valence-corrected chi connectivity index (χ0v) is 70.5. The Kier molecular flexibility index (Phi) is 44.5. The molecule has 8 fully saturated rings. The largest absolute Gasteiger partial charge is 0.463 e. The second-order valence-electron chi connectivity index (χ2n) is 33.9. The summed E-state index contributed by atoms with van der Waals surface area (Å²) in [5.41, 5.74) is 0. The molecule has 0 aromatic rings. The van der Waals surface area contributed by atoms with Gasteiger partial charge in [0.2, 0.25) is 0 Å². The first-order chi connectivity index (χ1) is 58.1. The maximum absolute atomic E-state index is 15.8. The average Bonchev–Trinajstić information content (AvgIpc) is 0.816. The number of unbranched alkanes of at least 4 members (excludes halogenated alkanes) is 12. The van der Waals surface area contributed by atoms with Crippen LogP contribution >= 0.6 is 0 Å². The monoisotopic (exact) mass is 1700 g/mol. The highest BCUT2D eigenvalue weighted by Crippen LogP contribution is 2.41. The molecule has 8 aliphatic carbocycles. The molecule has 0 spiro atoms. The van der Waals surface area contributed by atoms with E-state index in [0.717, 1.165) is 88.5 Å². The van der Waals surface area contributed by atoms with E-state index in [-0.39, 0.29) is 115 Å². The second kappa shape index (κ2) is 54.4. The molecule has 0 radical (unpaired) electrons. The van der Waals surface area contributed by atoms with Crippen molar-refractivity contribution in [3.8, 4) is 11.8 Å². The van der Waals surface area contributed by atoms with Crippen molar-refractivity contribution in [2.24, 2.45) is 47.3 Å². The third-order valence-electron chi connectivity index (χ3n) is 24.8. The normalized spacial score (nSPS) is 30.6. The number of ether oxygens (including phenoxy) is 14. The van der Waals surface area contributed by atoms with Crippen molar-refractivity contribution < 1.29 is 132 Å². The highest BCUT2D eigenvalue weighted by Gasteiger charge is 2.48. The van der Waals surface area contributed by atoms with E-state index >= 15 is 17.6 Å². The summed E-state index contributed by atoms with van der Waals surface area (Å²) in [4.78, 5) is 131. The molecule has 8 aliphatic rings. The second-order valence-corrected chi connectivity index (χ2v) is 33.9. The molecule has 8 saturated carbocycles. The Morgan fingerprint density at radius 3 is 0.767 bits per heavy atom. The quantitative estimate of drug-likeness (QED) is 0.0136. The number of esters is 10. The summed E-state index contributed by atoms with van der Waals surface area (Å²) in [6.45, 7) is 16.0. The molecular formula is C92H134F4O24. The van der Waals surface area contributed by atoms with E-state index in [4.69, 9.17) is 66.3 Å². The van der Waals surface area contributed by atoms with Crippen molar-refractivity contribution in [3.05, 3.63) is 50.6 Å². The van der Waals surface area contributed by atoms with Crippen molar-refractivity contribution >= 4 is 59.7 Å². The Bertz CT molecular complexity index is 3100. The number of halogens is 4. The van der Waals surface area contributed by atoms with Crippen LogP contribution in [0.25, 0.3) is 0 Å². The lowest BCUT2D eigenvalue weighted by Gasteiger charge is -2.38. The molecule has 22 unspecified atom stereocenters. The van der Waals surface area contributed by atoms with Gasteiger partial charge >= 0.3 is 59.7 Å². The molecule has 0 N–H and O–H groups in total. The summed E-state index contributed by atoms with van der Waals surface area (Å²) < 4.78 is 144. The molecule has 0 bridgehead atoms. The number of rotatable bonds is 48. The van der Waals surface area contributed by atoms with Crippen molar-refractivity contribution in [1.29, 1.82) is 0 Å². The highest BCUT2D eigenvalue weighted by molar-refractivity contribution is 5.83. The van der Waals surface area contributed by atoms with Crippen LogP contribution in [0.4, 0.5) is 17.6 Å². The third kappa shape index (κ3) is 34.8. The summed E-state index contributed by atoms with van der Waals surface area (Å²) in [5.74, 6) is -4.22. The molecule has 0 aromatic carbocycles. The van der Waals surface area contributed by atoms with Crippen LogP contribution in [0.15, 0.2) is 50.6 Å². The van der Waals surface area contributed by atoms with E-state index in [9.17, 15) is 47.9 Å². The first kappa shape index (κ1) is 98.2. The van der Waals surface area contributed by atoms with Crippen LogP contribution < -0.4 is 0 Å². The topological polar surface area (TPSA) is 300 Å². The molecule has 0 saturated heterocycles. The van der Waals surface area contributed by atoms with E-state index in [0.29, 0.717) is 155 Å². The van der Waals surface area contributed by atoms with Gasteiger partial charge in [0.1, 0.15) is 61.3 Å². The Morgan fingerprint density at radius 1 is 0.258 bits per heavy atom. The molecule has 0 amide bonds. The highest BCUT2D eigenvalue weighted by atomic mass is 19.1. The van der Waals surface area contributed by atoms with Gasteiger partial charge in [0.25, 0.3) is 0 Å². The molecule has 0 heterocycles. The number of hydrogen-bond donors (Lipinski definition) is 0. The Hall–Kier alpha value is -7.22. The number of alkyl halides is 4. The van der Waals surface area contributed by atoms with Crippen LogP contribution in [-0.2, 0) is 114 Å². The van der Waals surface area contributed by atoms with Crippen LogP contribution in [0.5, 0.6) is 0 Å². The lowest BCUT2D eigenvalue weighted by molar-refractivity contribution is -0.182. The van der Waals surface area contributed by atoms with Gasteiger partial charge in [-0.3, -0.25) is 28.8 Å². The lowest BCUT2D eigenvalue weighted by atomic mass is 9.82. The average molecular weight is 1700 g/mol. The van der Waals surface area contributed by atoms with Gasteiger partial charge in [-0.15, -0.1) is 0 Å². The summed E-state index contributed by atoms with van der Waals surface area (Å²) in [6, 6.07) is 0. The van der Waals surface area contributed by atoms with E-state index in [1.807, 2.05) is 0 Å². The third-order valence-corrected chi connectivity index (χ3v) is 24.8. The van der Waals surface area contributed by atoms with Gasteiger partial charge in [-0.05, 0) is 231 Å². The molecule has 22 atom stereocenters. The summed E-state index contributed by atoms with van der Waals surface area (Å²) >= 11 is 0. The summed E-state index contributed by atoms with van der Waals surface area (Å²) in [7, 11) is 0. The zero-order chi connectivity index (χ0) is 86.0. The van der Waals surface area contributed by atoms with Gasteiger partial charge in [-0.25, -0.2) is 36.7 Å². The van der Waals surface area contributed by atoms with Crippen LogP contribution in [0.3, 0.4) is 0 Å². The van der Waals surface area contributed by atoms with Gasteiger partial charge in [-0.2, -0.15) is 0 Å². The van der Waals surface area contributed by atoms with Gasteiger partial charge in [0.15, 0.2) is 0 Å². The van der Waals surface area contributed by atoms with Crippen LogP contribution in [0.1, 0.15) is 270 Å². The van der Waals surface area contributed by atoms with Crippen molar-refractivity contribution in [2.45, 2.75) is 355 Å². The summed E-state index contributed by atoms with van der Waals surface area (Å²) in [6.07, 6.45) is 10.7. The fourth-order valence-corrected chi connectivity index (χ4v) is 17.8. The minimum absolute atomic E-state index is 0.0286. The SMILES string of the molecule is C=CC(=O)OCCCCCCOC1CCC(C(=O)OC2CCC(OC(=O)C3CCC(OCCCCCCOC(=O)C=C)C(F)C3)C(C(=O)OC3CCCC(C#CC4CCCC(OC(=O)C5CC(OC(=O)C6CCC(OCCCCCCOC(=O)C=C)C(F)C6)CCC5OC(=O)C5CCC(OCCCCCCOC(=O)C=C)C(F)C5)C4)C3)C2)CC1F. The Labute approximate surface area is 706 Å². The predicted molar refractivity (Wildman–Crippen MR) is 432 cm³/mol. The maximum Gasteiger partial charge on any atom is 0.330 e. The standard InChI is InChI=1S/C92H134F4O24/c1-5-83(97)111-49-21-13-9-17-45-107-79-39-33-63(55-73(79)93)87(101)115-69-37-43-77(119-89(103)65-35-41-81(75(95)57-65)109-47-19-11-15-23-51-113-85(99)7-3)71(59-69)91(105)117-67-29-25-27-61(53-67)31-32-62-28-26-30-68(54-62)118-92(106)72-60-70(116-88(102)64-34-40-80(74(94)56-64)108-46-18-10-14-22-50-112-84(98)6-2)38-44-78(72)120-90(104)66-36-42-82(76(96)58-66)110-48-20-12-16-24-52-114-86(100)8-4/h5-8,61-82H,1-4,9-30,33-60H2. The Balaban J connectivity index is 0.846. The first-order valence-corrected chi connectivity index (χ1v) is 45.0. The number of carbonyl (C=O) groups excluding carboxylic acids is 10. The zero-order valence-electron chi connectivity index (χ0n) is 70.5. The van der Waals surface area contributed by atoms with Crippen molar-refractivity contribution in [2.75, 3.05) is 52.9 Å². The molecular weight excluding hydrogens is 1560 g/mol. The molecule has 28 heteroatoms. The minimum Gasteiger partial charge on any atom is -0.463 e. The molecule has 120 heavy (non-hydrogen) atoms. The lowest BCUT2D eigenvalue weighted by Crippen LogP contribution is -2.45. The molecule has 674 valence electrons. The van der Waals surface area contributed by atoms with E-state index in [2.05, 4.69) is 38.2 Å². The van der Waals surface area contributed by atoms with Crippen LogP contribution in [-0.4, -0.2) is 198 Å². The van der Waals surface area contributed by atoms with E-state index < -0.39 is 181 Å². The van der Waals surface area contributed by atoms with Gasteiger partial charge < -0.3 is 66.3 Å². The van der Waals surface area contributed by atoms with E-state index in [1.54, 1.807) is 0 Å². The fraction of sp³-hybridized carbons (Fsp3) is 0.783. The molecule has 0 aromatic heterocycles. The number of hydrogen-bond acceptors (Lipinski definition) is 24. The predicted octanol–water partition coefficient (Wildman–Crippen LogP) is 15.7. The van der Waals surface area contributed by atoms with Crippen molar-refractivity contribution in [1.82, 2.24) is 0 Å². The minimum atomic E-state index is -1.44. The van der Waals surface area contributed by atoms with Gasteiger partial charge in [0.05, 0.1) is 86.4 Å². The van der Waals surface area contributed by atoms with Crippen molar-refractivity contribution in [3.63, 3.8) is 0 Å². The molecule has 8 rings (SSSR count). The van der Waals surface area contributed by atoms with Crippen LogP contribution in [0, 0.1) is 59.2 Å². The van der Waals surface area contributed by atoms with Crippen LogP contribution in [0.2, 0.25) is 0 Å². The van der Waals surface area contributed by atoms with E-state index in [1.165, 1.54) is 0 Å². The summed E-state index contributed by atoms with van der Waals surface area (Å²) in [5, 5.41) is 0. The fourth-order valence-electron chi connectivity index (χ4n) is 17.8. The molecule has 24 nitrogen and oxygen atoms in total. The maximum atomic E-state index is 15.8. The number of carbonyl (C=O) groups is 10. The van der Waals surface area contributed by atoms with Gasteiger partial charge in [0, 0.05) is 75.4 Å². The Morgan fingerprint density at radius 2 is 0.500 bits per heavy atom. The first-order valence-electron chi connectivity index (χ1n) is 45.0. The van der Waals surface area contributed by atoms with Gasteiger partial charge in [-0.1, -0.05) is 63.8 Å².